The summed E-state index contributed by atoms with van der Waals surface area (Å²) in [4.78, 5) is 3.95. The molecule has 0 aliphatic carbocycles. The predicted molar refractivity (Wildman–Crippen MR) is 58.5 cm³/mol. The number of nitrogens with two attached hydrogens (primary N) is 1. The molecule has 0 aliphatic rings. The summed E-state index contributed by atoms with van der Waals surface area (Å²) < 4.78 is 12.1. The summed E-state index contributed by atoms with van der Waals surface area (Å²) >= 11 is 0. The average Bonchev–Trinajstić information content (AvgIpc) is 2.67. The molecule has 0 aliphatic heterocycles. The van der Waals surface area contributed by atoms with Crippen molar-refractivity contribution in [2.75, 3.05) is 12.8 Å². The lowest BCUT2D eigenvalue weighted by Crippen LogP contribution is -1.94. The number of nitrogens with zero attached hydrogens (tertiary/aromatic N) is 3. The fraction of sp³-hybridized carbons (Fsp3) is 0.200. The van der Waals surface area contributed by atoms with Gasteiger partial charge in [0.25, 0.3) is 0 Å². The van der Waals surface area contributed by atoms with Gasteiger partial charge in [-0.3, -0.25) is 4.68 Å². The lowest BCUT2D eigenvalue weighted by Gasteiger charge is -2.06. The first kappa shape index (κ1) is 10.3. The minimum absolute atomic E-state index is 0.286. The Bertz CT molecular complexity index is 495. The van der Waals surface area contributed by atoms with Crippen molar-refractivity contribution >= 4 is 5.69 Å². The molecule has 0 amide bonds. The Balaban J connectivity index is 2.21. The monoisotopic (exact) mass is 220 g/mol. The SMILES string of the molecule is COc1cc(Oc2ncn(C)n2)ccc1N. The Kier molecular flexibility index (Phi) is 2.63. The van der Waals surface area contributed by atoms with Crippen LogP contribution in [0.1, 0.15) is 0 Å². The van der Waals surface area contributed by atoms with Gasteiger partial charge in [-0.1, -0.05) is 0 Å². The van der Waals surface area contributed by atoms with E-state index in [0.717, 1.165) is 0 Å². The summed E-state index contributed by atoms with van der Waals surface area (Å²) in [5.41, 5.74) is 6.24. The maximum absolute atomic E-state index is 5.68. The molecule has 6 heteroatoms. The Morgan fingerprint density at radius 3 is 2.81 bits per heavy atom. The number of hydrogen-bond donors (Lipinski definition) is 1. The topological polar surface area (TPSA) is 75.2 Å². The number of benzene rings is 1. The molecule has 0 bridgehead atoms. The maximum Gasteiger partial charge on any atom is 0.340 e. The molecule has 1 aromatic carbocycles. The van der Waals surface area contributed by atoms with E-state index in [1.807, 2.05) is 0 Å². The van der Waals surface area contributed by atoms with Gasteiger partial charge in [0.15, 0.2) is 0 Å². The largest absolute Gasteiger partial charge is 0.494 e. The Morgan fingerprint density at radius 1 is 1.38 bits per heavy atom. The zero-order chi connectivity index (χ0) is 11.5. The van der Waals surface area contributed by atoms with Crippen LogP contribution in [0.5, 0.6) is 17.5 Å². The molecule has 16 heavy (non-hydrogen) atoms. The van der Waals surface area contributed by atoms with E-state index >= 15 is 0 Å². The van der Waals surface area contributed by atoms with Crippen molar-refractivity contribution in [1.29, 1.82) is 0 Å². The first-order valence-electron chi connectivity index (χ1n) is 4.66. The highest BCUT2D eigenvalue weighted by Gasteiger charge is 2.05. The fourth-order valence-electron chi connectivity index (χ4n) is 1.23. The van der Waals surface area contributed by atoms with Gasteiger partial charge in [0, 0.05) is 13.1 Å². The minimum Gasteiger partial charge on any atom is -0.494 e. The van der Waals surface area contributed by atoms with Crippen LogP contribution in [-0.4, -0.2) is 21.9 Å². The number of rotatable bonds is 3. The van der Waals surface area contributed by atoms with Crippen molar-refractivity contribution in [2.45, 2.75) is 0 Å². The van der Waals surface area contributed by atoms with Crippen molar-refractivity contribution in [3.05, 3.63) is 24.5 Å². The van der Waals surface area contributed by atoms with E-state index < -0.39 is 0 Å². The van der Waals surface area contributed by atoms with Crippen molar-refractivity contribution in [2.24, 2.45) is 7.05 Å². The lowest BCUT2D eigenvalue weighted by molar-refractivity contribution is 0.405. The third-order valence-electron chi connectivity index (χ3n) is 1.99. The quantitative estimate of drug-likeness (QED) is 0.786. The van der Waals surface area contributed by atoms with Crippen LogP contribution >= 0.6 is 0 Å². The molecule has 6 nitrogen and oxygen atoms in total. The number of ether oxygens (including phenoxy) is 2. The molecule has 2 N–H and O–H groups in total. The van der Waals surface area contributed by atoms with E-state index in [1.165, 1.54) is 0 Å². The third-order valence-corrected chi connectivity index (χ3v) is 1.99. The molecule has 0 saturated heterocycles. The zero-order valence-corrected chi connectivity index (χ0v) is 9.04. The molecule has 0 unspecified atom stereocenters. The number of nitrogen functional groups attached to an aromatic ring is 1. The summed E-state index contributed by atoms with van der Waals surface area (Å²) in [6, 6.07) is 5.41. The third kappa shape index (κ3) is 2.05. The molecule has 0 spiro atoms. The lowest BCUT2D eigenvalue weighted by atomic mass is 10.3. The van der Waals surface area contributed by atoms with Crippen LogP contribution in [0.15, 0.2) is 24.5 Å². The second-order valence-electron chi connectivity index (χ2n) is 3.21. The molecule has 0 fully saturated rings. The smallest absolute Gasteiger partial charge is 0.340 e. The van der Waals surface area contributed by atoms with Crippen LogP contribution in [-0.2, 0) is 7.05 Å². The van der Waals surface area contributed by atoms with E-state index in [-0.39, 0.29) is 6.01 Å². The summed E-state index contributed by atoms with van der Waals surface area (Å²) in [5, 5.41) is 4.00. The maximum atomic E-state index is 5.68. The molecular formula is C10H12N4O2. The summed E-state index contributed by atoms with van der Waals surface area (Å²) in [6.45, 7) is 0. The second kappa shape index (κ2) is 4.09. The first-order valence-corrected chi connectivity index (χ1v) is 4.66. The highest BCUT2D eigenvalue weighted by atomic mass is 16.5. The van der Waals surface area contributed by atoms with E-state index in [0.29, 0.717) is 17.2 Å². The summed E-state index contributed by atoms with van der Waals surface area (Å²) in [5.74, 6) is 1.14. The summed E-state index contributed by atoms with van der Waals surface area (Å²) in [7, 11) is 3.32. The van der Waals surface area contributed by atoms with E-state index in [2.05, 4.69) is 10.1 Å². The molecule has 1 heterocycles. The van der Waals surface area contributed by atoms with Gasteiger partial charge in [0.2, 0.25) is 0 Å². The van der Waals surface area contributed by atoms with Gasteiger partial charge >= 0.3 is 6.01 Å². The Labute approximate surface area is 92.6 Å². The number of aromatic nitrogens is 3. The van der Waals surface area contributed by atoms with Gasteiger partial charge in [-0.05, 0) is 12.1 Å². The number of aryl methyl sites for hydroxylation is 1. The van der Waals surface area contributed by atoms with E-state index in [1.54, 1.807) is 43.4 Å². The van der Waals surface area contributed by atoms with Crippen molar-refractivity contribution in [3.63, 3.8) is 0 Å². The van der Waals surface area contributed by atoms with Crippen molar-refractivity contribution < 1.29 is 9.47 Å². The van der Waals surface area contributed by atoms with Gasteiger partial charge in [-0.15, -0.1) is 5.10 Å². The average molecular weight is 220 g/mol. The van der Waals surface area contributed by atoms with Crippen molar-refractivity contribution in [1.82, 2.24) is 14.8 Å². The normalized spacial score (nSPS) is 10.1. The molecule has 2 aromatic rings. The van der Waals surface area contributed by atoms with Crippen LogP contribution in [0.3, 0.4) is 0 Å². The standard InChI is InChI=1S/C10H12N4O2/c1-14-6-12-10(13-14)16-7-3-4-8(11)9(5-7)15-2/h3-6H,11H2,1-2H3. The Hall–Kier alpha value is -2.24. The predicted octanol–water partition coefficient (Wildman–Crippen LogP) is 1.20. The molecule has 0 atom stereocenters. The minimum atomic E-state index is 0.286. The van der Waals surface area contributed by atoms with Gasteiger partial charge in [-0.2, -0.15) is 4.98 Å². The molecule has 2 rings (SSSR count). The van der Waals surface area contributed by atoms with Crippen LogP contribution in [0, 0.1) is 0 Å². The van der Waals surface area contributed by atoms with Gasteiger partial charge in [-0.25, -0.2) is 0 Å². The highest BCUT2D eigenvalue weighted by molar-refractivity contribution is 5.55. The van der Waals surface area contributed by atoms with E-state index in [9.17, 15) is 0 Å². The first-order chi connectivity index (χ1) is 7.69. The summed E-state index contributed by atoms with van der Waals surface area (Å²) in [6.07, 6.45) is 1.56. The van der Waals surface area contributed by atoms with E-state index in [4.69, 9.17) is 15.2 Å². The zero-order valence-electron chi connectivity index (χ0n) is 9.04. The molecule has 1 aromatic heterocycles. The number of hydrogen-bond acceptors (Lipinski definition) is 5. The molecule has 0 saturated carbocycles. The molecule has 84 valence electrons. The molecule has 0 radical (unpaired) electrons. The van der Waals surface area contributed by atoms with Crippen LogP contribution in [0.2, 0.25) is 0 Å². The van der Waals surface area contributed by atoms with Gasteiger partial charge in [0.1, 0.15) is 17.8 Å². The van der Waals surface area contributed by atoms with Crippen LogP contribution in [0.25, 0.3) is 0 Å². The van der Waals surface area contributed by atoms with Crippen LogP contribution < -0.4 is 15.2 Å². The number of methoxy groups -OCH3 is 1. The number of anilines is 1. The highest BCUT2D eigenvalue weighted by Crippen LogP contribution is 2.28. The van der Waals surface area contributed by atoms with Crippen molar-refractivity contribution in [3.8, 4) is 17.5 Å². The Morgan fingerprint density at radius 2 is 2.19 bits per heavy atom. The van der Waals surface area contributed by atoms with Gasteiger partial charge < -0.3 is 15.2 Å². The van der Waals surface area contributed by atoms with Crippen LogP contribution in [0.4, 0.5) is 5.69 Å². The second-order valence-corrected chi connectivity index (χ2v) is 3.21. The fourth-order valence-corrected chi connectivity index (χ4v) is 1.23. The van der Waals surface area contributed by atoms with Gasteiger partial charge in [0.05, 0.1) is 12.8 Å². The molecular weight excluding hydrogens is 208 g/mol.